The molecule has 2 N–H and O–H groups in total. The topological polar surface area (TPSA) is 292 Å². The zero-order chi connectivity index (χ0) is 60.2. The third kappa shape index (κ3) is 11.9. The van der Waals surface area contributed by atoms with Crippen molar-refractivity contribution in [3.63, 3.8) is 0 Å². The highest BCUT2D eigenvalue weighted by Crippen LogP contribution is 2.76. The Labute approximate surface area is 479 Å². The molecule has 6 fully saturated rings. The molecule has 1 aromatic heterocycles. The fourth-order valence-electron chi connectivity index (χ4n) is 16.2. The predicted octanol–water partition coefficient (Wildman–Crippen LogP) is 5.85. The number of aliphatic hydroxyl groups is 1. The number of carbonyl (C=O) groups is 8. The summed E-state index contributed by atoms with van der Waals surface area (Å²) < 4.78 is 59.7. The lowest BCUT2D eigenvalue weighted by atomic mass is 9.33. The summed E-state index contributed by atoms with van der Waals surface area (Å²) in [5.41, 5.74) is 0.812. The van der Waals surface area contributed by atoms with Crippen molar-refractivity contribution >= 4 is 47.7 Å². The molecule has 5 aliphatic carbocycles. The Morgan fingerprint density at radius 3 is 1.78 bits per heavy atom. The largest absolute Gasteiger partial charge is 0.463 e. The van der Waals surface area contributed by atoms with Gasteiger partial charge in [0.15, 0.2) is 43.0 Å². The van der Waals surface area contributed by atoms with Crippen molar-refractivity contribution in [3.8, 4) is 0 Å². The Hall–Kier alpha value is -5.52. The zero-order valence-electron chi connectivity index (χ0n) is 50.1. The molecule has 18 atom stereocenters. The van der Waals surface area contributed by atoms with Crippen LogP contribution < -0.4 is 5.32 Å². The molecule has 456 valence electrons. The van der Waals surface area contributed by atoms with E-state index in [0.717, 1.165) is 106 Å². The van der Waals surface area contributed by atoms with E-state index in [1.165, 1.54) is 16.5 Å². The first-order valence-corrected chi connectivity index (χ1v) is 28.9. The van der Waals surface area contributed by atoms with Gasteiger partial charge in [-0.25, -0.2) is 4.68 Å². The summed E-state index contributed by atoms with van der Waals surface area (Å²) in [6.07, 6.45) is -3.53. The first kappa shape index (κ1) is 62.5. The summed E-state index contributed by atoms with van der Waals surface area (Å²) in [4.78, 5) is 104. The van der Waals surface area contributed by atoms with Crippen molar-refractivity contribution < 1.29 is 90.8 Å². The first-order valence-electron chi connectivity index (χ1n) is 28.9. The number of esters is 7. The van der Waals surface area contributed by atoms with Crippen molar-refractivity contribution in [1.82, 2.24) is 20.3 Å². The van der Waals surface area contributed by atoms with Crippen LogP contribution in [0.25, 0.3) is 0 Å². The van der Waals surface area contributed by atoms with E-state index in [1.807, 2.05) is 0 Å². The Kier molecular flexibility index (Phi) is 17.9. The molecule has 1 aromatic rings. The lowest BCUT2D eigenvalue weighted by Gasteiger charge is -2.71. The molecule has 0 spiro atoms. The van der Waals surface area contributed by atoms with E-state index in [2.05, 4.69) is 70.2 Å². The molecule has 3 heterocycles. The lowest BCUT2D eigenvalue weighted by molar-refractivity contribution is -0.349. The van der Waals surface area contributed by atoms with Crippen molar-refractivity contribution in [3.05, 3.63) is 23.5 Å². The Morgan fingerprint density at radius 2 is 1.18 bits per heavy atom. The summed E-state index contributed by atoms with van der Waals surface area (Å²) in [5, 5.41) is 23.3. The monoisotopic (exact) mass is 1150 g/mol. The van der Waals surface area contributed by atoms with E-state index < -0.39 is 122 Å². The van der Waals surface area contributed by atoms with Crippen LogP contribution in [0.5, 0.6) is 0 Å². The van der Waals surface area contributed by atoms with Gasteiger partial charge in [0.25, 0.3) is 0 Å². The van der Waals surface area contributed by atoms with Gasteiger partial charge in [-0.15, -0.1) is 5.10 Å². The molecule has 4 saturated carbocycles. The highest BCUT2D eigenvalue weighted by molar-refractivity contribution is 5.84. The van der Waals surface area contributed by atoms with Crippen molar-refractivity contribution in [2.45, 2.75) is 235 Å². The summed E-state index contributed by atoms with van der Waals surface area (Å²) >= 11 is 0. The van der Waals surface area contributed by atoms with Crippen LogP contribution in [0.4, 0.5) is 0 Å². The maximum atomic E-state index is 15.2. The number of hydrogen-bond acceptors (Lipinski definition) is 21. The Morgan fingerprint density at radius 1 is 0.634 bits per heavy atom. The third-order valence-electron chi connectivity index (χ3n) is 20.2. The van der Waals surface area contributed by atoms with Crippen LogP contribution in [0.3, 0.4) is 0 Å². The minimum absolute atomic E-state index is 0.00213. The molecule has 2 saturated heterocycles. The van der Waals surface area contributed by atoms with Crippen molar-refractivity contribution in [2.24, 2.45) is 50.2 Å². The second kappa shape index (κ2) is 23.5. The van der Waals surface area contributed by atoms with Gasteiger partial charge in [-0.3, -0.25) is 38.4 Å². The predicted molar refractivity (Wildman–Crippen MR) is 285 cm³/mol. The summed E-state index contributed by atoms with van der Waals surface area (Å²) in [6.45, 7) is 23.0. The minimum atomic E-state index is -1.85. The highest BCUT2D eigenvalue weighted by Gasteiger charge is 2.69. The maximum absolute atomic E-state index is 15.2. The molecule has 0 radical (unpaired) electrons. The van der Waals surface area contributed by atoms with Gasteiger partial charge in [0.05, 0.1) is 24.3 Å². The fourth-order valence-corrected chi connectivity index (χ4v) is 16.2. The maximum Gasteiger partial charge on any atom is 0.303 e. The molecule has 7 aliphatic rings. The number of aromatic nitrogens is 3. The standard InChI is InChI=1S/C59H86N4O19/c1-30(64)73-28-40-46(82-52-50(79-36(7)70)48(77-34(5)68)45(75-32(3)66)41(81-52)29-74-31(2)65)47(76-33(4)67)49(78-35(6)69)51(80-40)63-27-37(61-62-63)26-60-53(72)59-23-21-54(8,9)25-39(59)38-15-16-43-56(12)19-18-44(71)55(10,11)42(56)17-20-58(43,14)57(38,13)22-24-59/h15,27,39-52,71H,16-26,28-29H2,1-14H3,(H,60,72)/t39-,40+,41+,42-,43+,44-,45-,46+,47-,48-,49+,50+,51+,52-,56-,57+,58+,59-/m0/s1. The molecule has 1 amide bonds. The number of nitrogens with one attached hydrogen (secondary N) is 1. The molecule has 8 rings (SSSR count). The third-order valence-corrected chi connectivity index (χ3v) is 20.2. The summed E-state index contributed by atoms with van der Waals surface area (Å²) in [5.74, 6) is -5.19. The van der Waals surface area contributed by atoms with Crippen molar-refractivity contribution in [1.29, 1.82) is 0 Å². The molecular weight excluding hydrogens is 1070 g/mol. The number of fused-ring (bicyclic) bond motifs is 7. The second-order valence-corrected chi connectivity index (χ2v) is 26.3. The smallest absolute Gasteiger partial charge is 0.303 e. The normalized spacial score (nSPS) is 38.9. The number of rotatable bonds is 15. The van der Waals surface area contributed by atoms with E-state index in [9.17, 15) is 38.7 Å². The number of hydrogen-bond donors (Lipinski definition) is 2. The number of ether oxygens (including phenoxy) is 10. The van der Waals surface area contributed by atoms with E-state index in [1.54, 1.807) is 0 Å². The average molecular weight is 1160 g/mol. The van der Waals surface area contributed by atoms with E-state index in [0.29, 0.717) is 24.0 Å². The molecule has 23 heteroatoms. The van der Waals surface area contributed by atoms with Crippen LogP contribution in [0.15, 0.2) is 17.8 Å². The van der Waals surface area contributed by atoms with E-state index in [4.69, 9.17) is 47.4 Å². The number of aliphatic hydroxyl groups excluding tert-OH is 1. The lowest BCUT2D eigenvalue weighted by Crippen LogP contribution is -2.66. The van der Waals surface area contributed by atoms with Gasteiger partial charge in [0.1, 0.15) is 37.2 Å². The number of carbonyl (C=O) groups excluding carboxylic acids is 8. The van der Waals surface area contributed by atoms with Gasteiger partial charge >= 0.3 is 41.8 Å². The Bertz CT molecular complexity index is 2670. The van der Waals surface area contributed by atoms with E-state index in [-0.39, 0.29) is 51.5 Å². The quantitative estimate of drug-likeness (QED) is 0.118. The van der Waals surface area contributed by atoms with Crippen LogP contribution in [-0.2, 0) is 92.3 Å². The Balaban J connectivity index is 1.08. The molecule has 2 aliphatic heterocycles. The SMILES string of the molecule is CC(=O)OC[C@H]1O[C@@H](O[C@H]2[C@H](OC(C)=O)[C@@H](OC(C)=O)[C@H](n3cc(CNC(=O)[C@]45CCC(C)(C)C[C@H]4C4=CC[C@@H]6[C@@]7(C)CC[C@H](O)C(C)(C)[C@@H]7CC[C@@]6(C)[C@]4(C)CC5)nn3)O[C@@H]2COC(C)=O)[C@H](OC(C)=O)[C@@H](OC(C)=O)[C@H]1OC(C)=O. The molecule has 0 unspecified atom stereocenters. The molecule has 0 bridgehead atoms. The first-order chi connectivity index (χ1) is 38.3. The molecular formula is C59H86N4O19. The van der Waals surface area contributed by atoms with Crippen LogP contribution in [0, 0.1) is 50.2 Å². The average Bonchev–Trinajstić information content (AvgIpc) is 0.774. The molecule has 0 aromatic carbocycles. The van der Waals surface area contributed by atoms with Gasteiger partial charge in [0, 0.05) is 48.5 Å². The zero-order valence-corrected chi connectivity index (χ0v) is 50.1. The van der Waals surface area contributed by atoms with Gasteiger partial charge in [-0.1, -0.05) is 65.3 Å². The molecule has 23 nitrogen and oxygen atoms in total. The minimum Gasteiger partial charge on any atom is -0.463 e. The van der Waals surface area contributed by atoms with Gasteiger partial charge in [-0.2, -0.15) is 0 Å². The van der Waals surface area contributed by atoms with Gasteiger partial charge in [-0.05, 0) is 109 Å². The van der Waals surface area contributed by atoms with Gasteiger partial charge in [0.2, 0.25) is 5.91 Å². The number of nitrogens with zero attached hydrogens (tertiary/aromatic N) is 3. The summed E-state index contributed by atoms with van der Waals surface area (Å²) in [6, 6.07) is 0. The van der Waals surface area contributed by atoms with Gasteiger partial charge < -0.3 is 57.8 Å². The van der Waals surface area contributed by atoms with Crippen LogP contribution >= 0.6 is 0 Å². The molecule has 82 heavy (non-hydrogen) atoms. The van der Waals surface area contributed by atoms with Crippen LogP contribution in [0.1, 0.15) is 173 Å². The van der Waals surface area contributed by atoms with Crippen LogP contribution in [-0.4, -0.2) is 142 Å². The second-order valence-electron chi connectivity index (χ2n) is 26.3. The van der Waals surface area contributed by atoms with E-state index >= 15 is 4.79 Å². The summed E-state index contributed by atoms with van der Waals surface area (Å²) in [7, 11) is 0. The fraction of sp³-hybridized carbons (Fsp3) is 0.797. The highest BCUT2D eigenvalue weighted by atomic mass is 16.8. The van der Waals surface area contributed by atoms with Crippen LogP contribution in [0.2, 0.25) is 0 Å². The number of allylic oxidation sites excluding steroid dienone is 2. The van der Waals surface area contributed by atoms with Crippen molar-refractivity contribution in [2.75, 3.05) is 13.2 Å². The number of amides is 1.